The molecule has 3 aliphatic rings. The zero-order chi connectivity index (χ0) is 27.3. The van der Waals surface area contributed by atoms with Crippen LogP contribution in [0, 0.1) is 11.6 Å². The normalized spacial score (nSPS) is 19.6. The maximum absolute atomic E-state index is 16.4. The molecule has 40 heavy (non-hydrogen) atoms. The summed E-state index contributed by atoms with van der Waals surface area (Å²) in [5.41, 5.74) is 0.556. The van der Waals surface area contributed by atoms with Crippen LogP contribution in [-0.2, 0) is 0 Å². The Balaban J connectivity index is 1.31. The van der Waals surface area contributed by atoms with E-state index < -0.39 is 11.6 Å². The molecule has 4 heterocycles. The van der Waals surface area contributed by atoms with Crippen LogP contribution in [0.4, 0.5) is 14.6 Å². The lowest BCUT2D eigenvalue weighted by Crippen LogP contribution is -2.54. The molecule has 3 fully saturated rings. The molecule has 0 bridgehead atoms. The SMILES string of the molecule is CNC1(CNc2nc(OCC34CCCN3CCC4)nc3c(F)c(-c4cccc5cccc(F)c45)ncc23)CCC1. The standard InChI is InChI=1S/C31H34F2N6O/c1-34-30(11-4-12-30)18-36-28-22-17-35-26(21-9-2-7-20-8-3-10-23(32)24(20)21)25(33)27(22)37-29(38-28)40-19-31-13-5-15-39(31)16-6-14-31/h2-3,7-10,17,34H,4-6,11-16,18-19H2,1H3,(H,36,37,38). The van der Waals surface area contributed by atoms with E-state index in [2.05, 4.69) is 25.5 Å². The van der Waals surface area contributed by atoms with Crippen molar-refractivity contribution in [2.24, 2.45) is 0 Å². The van der Waals surface area contributed by atoms with Gasteiger partial charge >= 0.3 is 6.01 Å². The van der Waals surface area contributed by atoms with Gasteiger partial charge in [-0.25, -0.2) is 8.78 Å². The summed E-state index contributed by atoms with van der Waals surface area (Å²) in [6, 6.07) is 10.3. The van der Waals surface area contributed by atoms with Crippen molar-refractivity contribution in [1.29, 1.82) is 0 Å². The van der Waals surface area contributed by atoms with E-state index in [1.807, 2.05) is 19.2 Å². The van der Waals surface area contributed by atoms with Crippen molar-refractivity contribution in [3.05, 3.63) is 54.2 Å². The first kappa shape index (κ1) is 25.5. The largest absolute Gasteiger partial charge is 0.461 e. The van der Waals surface area contributed by atoms with Crippen molar-refractivity contribution in [2.45, 2.75) is 56.0 Å². The van der Waals surface area contributed by atoms with Crippen molar-refractivity contribution in [2.75, 3.05) is 38.6 Å². The number of benzene rings is 2. The molecule has 9 heteroatoms. The molecule has 1 saturated carbocycles. The molecular formula is C31H34F2N6O. The number of hydrogen-bond acceptors (Lipinski definition) is 7. The minimum Gasteiger partial charge on any atom is -0.461 e. The van der Waals surface area contributed by atoms with Crippen molar-refractivity contribution < 1.29 is 13.5 Å². The summed E-state index contributed by atoms with van der Waals surface area (Å²) in [4.78, 5) is 16.3. The molecule has 0 unspecified atom stereocenters. The third-order valence-corrected chi connectivity index (χ3v) is 9.49. The first-order valence-electron chi connectivity index (χ1n) is 14.4. The fraction of sp³-hybridized carbons (Fsp3) is 0.452. The maximum Gasteiger partial charge on any atom is 0.319 e. The van der Waals surface area contributed by atoms with Crippen molar-refractivity contribution in [3.8, 4) is 17.3 Å². The number of anilines is 1. The van der Waals surface area contributed by atoms with Crippen molar-refractivity contribution in [1.82, 2.24) is 25.2 Å². The molecule has 7 rings (SSSR count). The number of nitrogens with zero attached hydrogens (tertiary/aromatic N) is 4. The summed E-state index contributed by atoms with van der Waals surface area (Å²) in [6.45, 7) is 3.30. The van der Waals surface area contributed by atoms with Crippen LogP contribution in [0.1, 0.15) is 44.9 Å². The van der Waals surface area contributed by atoms with E-state index in [1.165, 1.54) is 12.5 Å². The minimum absolute atomic E-state index is 0.0104. The second-order valence-corrected chi connectivity index (χ2v) is 11.6. The van der Waals surface area contributed by atoms with Gasteiger partial charge in [-0.1, -0.05) is 30.3 Å². The van der Waals surface area contributed by atoms with Gasteiger partial charge in [-0.2, -0.15) is 9.97 Å². The quantitative estimate of drug-likeness (QED) is 0.295. The fourth-order valence-corrected chi connectivity index (χ4v) is 6.95. The molecule has 7 nitrogen and oxygen atoms in total. The monoisotopic (exact) mass is 544 g/mol. The second kappa shape index (κ2) is 9.89. The number of pyridine rings is 1. The Bertz CT molecular complexity index is 1570. The number of halogens is 2. The average Bonchev–Trinajstić information content (AvgIpc) is 3.53. The number of ether oxygens (including phenoxy) is 1. The molecule has 208 valence electrons. The summed E-state index contributed by atoms with van der Waals surface area (Å²) in [5, 5.41) is 8.37. The van der Waals surface area contributed by atoms with Gasteiger partial charge in [-0.15, -0.1) is 0 Å². The summed E-state index contributed by atoms with van der Waals surface area (Å²) in [5.74, 6) is -0.536. The summed E-state index contributed by atoms with van der Waals surface area (Å²) < 4.78 is 37.6. The van der Waals surface area contributed by atoms with Crippen LogP contribution < -0.4 is 15.4 Å². The van der Waals surface area contributed by atoms with E-state index in [0.29, 0.717) is 40.7 Å². The van der Waals surface area contributed by atoms with Crippen LogP contribution in [0.15, 0.2) is 42.6 Å². The minimum atomic E-state index is -0.614. The Morgan fingerprint density at radius 3 is 2.48 bits per heavy atom. The summed E-state index contributed by atoms with van der Waals surface area (Å²) in [7, 11) is 1.97. The van der Waals surface area contributed by atoms with Crippen molar-refractivity contribution in [3.63, 3.8) is 0 Å². The molecule has 2 N–H and O–H groups in total. The van der Waals surface area contributed by atoms with Crippen LogP contribution in [0.2, 0.25) is 0 Å². The van der Waals surface area contributed by atoms with Crippen LogP contribution in [0.3, 0.4) is 0 Å². The van der Waals surface area contributed by atoms with Gasteiger partial charge in [0.1, 0.15) is 29.5 Å². The number of fused-ring (bicyclic) bond motifs is 3. The number of hydrogen-bond donors (Lipinski definition) is 2. The van der Waals surface area contributed by atoms with Gasteiger partial charge in [-0.3, -0.25) is 9.88 Å². The molecule has 0 amide bonds. The van der Waals surface area contributed by atoms with Crippen LogP contribution in [0.5, 0.6) is 6.01 Å². The van der Waals surface area contributed by atoms with Crippen LogP contribution in [0.25, 0.3) is 32.9 Å². The molecule has 2 aromatic heterocycles. The number of likely N-dealkylation sites (N-methyl/N-ethyl adjacent to an activating group) is 1. The van der Waals surface area contributed by atoms with Gasteiger partial charge in [-0.05, 0) is 76.5 Å². The van der Waals surface area contributed by atoms with Gasteiger partial charge in [0.05, 0.1) is 10.9 Å². The number of aromatic nitrogens is 3. The maximum atomic E-state index is 16.4. The molecule has 2 saturated heterocycles. The predicted octanol–water partition coefficient (Wildman–Crippen LogP) is 5.68. The smallest absolute Gasteiger partial charge is 0.319 e. The van der Waals surface area contributed by atoms with E-state index in [0.717, 1.165) is 51.6 Å². The molecule has 0 spiro atoms. The molecule has 4 aromatic rings. The highest BCUT2D eigenvalue weighted by molar-refractivity contribution is 5.99. The van der Waals surface area contributed by atoms with Crippen LogP contribution >= 0.6 is 0 Å². The highest BCUT2D eigenvalue weighted by atomic mass is 19.1. The van der Waals surface area contributed by atoms with Gasteiger partial charge in [0.25, 0.3) is 0 Å². The third-order valence-electron chi connectivity index (χ3n) is 9.49. The molecule has 0 atom stereocenters. The highest BCUT2D eigenvalue weighted by Crippen LogP contribution is 2.40. The molecule has 2 aliphatic heterocycles. The van der Waals surface area contributed by atoms with E-state index in [-0.39, 0.29) is 28.3 Å². The van der Waals surface area contributed by atoms with E-state index >= 15 is 4.39 Å². The lowest BCUT2D eigenvalue weighted by molar-refractivity contribution is 0.108. The first-order chi connectivity index (χ1) is 19.5. The average molecular weight is 545 g/mol. The Labute approximate surface area is 232 Å². The van der Waals surface area contributed by atoms with Gasteiger partial charge in [0.15, 0.2) is 5.82 Å². The van der Waals surface area contributed by atoms with Gasteiger partial charge < -0.3 is 15.4 Å². The molecule has 1 aliphatic carbocycles. The van der Waals surface area contributed by atoms with E-state index in [4.69, 9.17) is 9.72 Å². The molecular weight excluding hydrogens is 510 g/mol. The summed E-state index contributed by atoms with van der Waals surface area (Å²) >= 11 is 0. The van der Waals surface area contributed by atoms with E-state index in [1.54, 1.807) is 24.4 Å². The Morgan fingerprint density at radius 2 is 1.75 bits per heavy atom. The van der Waals surface area contributed by atoms with Gasteiger partial charge in [0, 0.05) is 29.2 Å². The summed E-state index contributed by atoms with van der Waals surface area (Å²) in [6.07, 6.45) is 9.37. The molecule has 0 radical (unpaired) electrons. The van der Waals surface area contributed by atoms with Gasteiger partial charge in [0.2, 0.25) is 0 Å². The Kier molecular flexibility index (Phi) is 6.31. The fourth-order valence-electron chi connectivity index (χ4n) is 6.95. The molecule has 2 aromatic carbocycles. The van der Waals surface area contributed by atoms with Crippen molar-refractivity contribution >= 4 is 27.5 Å². The lowest BCUT2D eigenvalue weighted by Gasteiger charge is -2.42. The second-order valence-electron chi connectivity index (χ2n) is 11.6. The van der Waals surface area contributed by atoms with E-state index in [9.17, 15) is 4.39 Å². The van der Waals surface area contributed by atoms with Crippen LogP contribution in [-0.4, -0.2) is 64.2 Å². The highest BCUT2D eigenvalue weighted by Gasteiger charge is 2.45. The predicted molar refractivity (Wildman–Crippen MR) is 153 cm³/mol. The zero-order valence-electron chi connectivity index (χ0n) is 22.8. The first-order valence-corrected chi connectivity index (χ1v) is 14.4. The zero-order valence-corrected chi connectivity index (χ0v) is 22.8. The number of rotatable bonds is 8. The lowest BCUT2D eigenvalue weighted by atomic mass is 9.77. The topological polar surface area (TPSA) is 75.2 Å². The number of nitrogens with one attached hydrogen (secondary N) is 2. The Morgan fingerprint density at radius 1 is 0.975 bits per heavy atom. The Hall–Kier alpha value is -3.43. The third kappa shape index (κ3) is 4.18.